The minimum atomic E-state index is -0.365. The predicted octanol–water partition coefficient (Wildman–Crippen LogP) is 2.51. The third-order valence-electron chi connectivity index (χ3n) is 3.51. The Kier molecular flexibility index (Phi) is 4.90. The van der Waals surface area contributed by atoms with Crippen LogP contribution in [-0.4, -0.2) is 21.3 Å². The van der Waals surface area contributed by atoms with E-state index in [1.165, 1.54) is 6.07 Å². The normalized spacial score (nSPS) is 12.4. The highest BCUT2D eigenvalue weighted by Crippen LogP contribution is 2.22. The number of ether oxygens (including phenoxy) is 1. The number of nitrogens with one attached hydrogen (secondary N) is 1. The number of benzene rings is 1. The number of aromatic nitrogens is 3. The van der Waals surface area contributed by atoms with E-state index >= 15 is 0 Å². The van der Waals surface area contributed by atoms with E-state index in [1.54, 1.807) is 6.07 Å². The molecule has 0 saturated carbocycles. The molecule has 0 aliphatic heterocycles. The van der Waals surface area contributed by atoms with Crippen LogP contribution in [0.5, 0.6) is 5.75 Å². The summed E-state index contributed by atoms with van der Waals surface area (Å²) in [5.41, 5.74) is 0.899. The number of nitrogens with zero attached hydrogens (tertiary/aromatic N) is 3. The smallest absolute Gasteiger partial charge is 0.170 e. The van der Waals surface area contributed by atoms with Crippen LogP contribution in [0.2, 0.25) is 0 Å². The topological polar surface area (TPSA) is 52.0 Å². The number of hydrogen-bond donors (Lipinski definition) is 1. The van der Waals surface area contributed by atoms with Crippen LogP contribution in [0.1, 0.15) is 37.1 Å². The van der Waals surface area contributed by atoms with Gasteiger partial charge in [0.15, 0.2) is 17.4 Å². The van der Waals surface area contributed by atoms with Crippen LogP contribution < -0.4 is 10.1 Å². The summed E-state index contributed by atoms with van der Waals surface area (Å²) >= 11 is 0. The van der Waals surface area contributed by atoms with Gasteiger partial charge in [-0.2, -0.15) is 0 Å². The minimum Gasteiger partial charge on any atom is -0.483 e. The second-order valence-electron chi connectivity index (χ2n) is 4.98. The number of halogens is 1. The van der Waals surface area contributed by atoms with Gasteiger partial charge in [-0.1, -0.05) is 13.0 Å². The molecule has 2 rings (SSSR count). The highest BCUT2D eigenvalue weighted by atomic mass is 19.1. The molecule has 0 saturated heterocycles. The van der Waals surface area contributed by atoms with Crippen molar-refractivity contribution in [1.29, 1.82) is 0 Å². The van der Waals surface area contributed by atoms with E-state index in [9.17, 15) is 4.39 Å². The molecule has 1 heterocycles. The zero-order chi connectivity index (χ0) is 15.4. The van der Waals surface area contributed by atoms with Crippen molar-refractivity contribution in [3.05, 3.63) is 41.2 Å². The molecule has 0 amide bonds. The second kappa shape index (κ2) is 6.67. The summed E-state index contributed by atoms with van der Waals surface area (Å²) in [6, 6.07) is 5.14. The molecule has 1 atom stereocenters. The standard InChI is InChI=1S/C15H21FN4O/c1-5-17-10(2)12-6-7-14(13(16)8-12)21-9-15-19-18-11(3)20(15)4/h6-8,10,17H,5,9H2,1-4H3. The Balaban J connectivity index is 2.06. The molecule has 114 valence electrons. The Morgan fingerprint density at radius 2 is 2.14 bits per heavy atom. The fourth-order valence-corrected chi connectivity index (χ4v) is 2.05. The number of hydrogen-bond acceptors (Lipinski definition) is 4. The number of rotatable bonds is 6. The van der Waals surface area contributed by atoms with Gasteiger partial charge in [0.25, 0.3) is 0 Å². The maximum atomic E-state index is 14.1. The summed E-state index contributed by atoms with van der Waals surface area (Å²) in [6.07, 6.45) is 0. The molecule has 0 radical (unpaired) electrons. The molecule has 0 spiro atoms. The minimum absolute atomic E-state index is 0.111. The van der Waals surface area contributed by atoms with Gasteiger partial charge in [0.2, 0.25) is 0 Å². The van der Waals surface area contributed by atoms with E-state index in [4.69, 9.17) is 4.74 Å². The Morgan fingerprint density at radius 1 is 1.38 bits per heavy atom. The molecular formula is C15H21FN4O. The first-order valence-electron chi connectivity index (χ1n) is 7.03. The molecule has 1 N–H and O–H groups in total. The average molecular weight is 292 g/mol. The molecule has 0 aliphatic carbocycles. The van der Waals surface area contributed by atoms with E-state index in [0.717, 1.165) is 17.9 Å². The summed E-state index contributed by atoms with van der Waals surface area (Å²) in [4.78, 5) is 0. The molecule has 0 bridgehead atoms. The maximum Gasteiger partial charge on any atom is 0.170 e. The highest BCUT2D eigenvalue weighted by molar-refractivity contribution is 5.31. The van der Waals surface area contributed by atoms with Gasteiger partial charge in [-0.15, -0.1) is 10.2 Å². The summed E-state index contributed by atoms with van der Waals surface area (Å²) in [5.74, 6) is 1.32. The van der Waals surface area contributed by atoms with Gasteiger partial charge in [-0.25, -0.2) is 4.39 Å². The second-order valence-corrected chi connectivity index (χ2v) is 4.98. The highest BCUT2D eigenvalue weighted by Gasteiger charge is 2.11. The van der Waals surface area contributed by atoms with Gasteiger partial charge >= 0.3 is 0 Å². The first-order chi connectivity index (χ1) is 10.0. The SMILES string of the molecule is CCNC(C)c1ccc(OCc2nnc(C)n2C)c(F)c1. The molecule has 6 heteroatoms. The van der Waals surface area contributed by atoms with Crippen LogP contribution in [0, 0.1) is 12.7 Å². The van der Waals surface area contributed by atoms with Gasteiger partial charge in [-0.05, 0) is 38.1 Å². The Morgan fingerprint density at radius 3 is 2.71 bits per heavy atom. The Labute approximate surface area is 124 Å². The first-order valence-corrected chi connectivity index (χ1v) is 7.03. The van der Waals surface area contributed by atoms with Crippen molar-refractivity contribution in [1.82, 2.24) is 20.1 Å². The van der Waals surface area contributed by atoms with Crippen molar-refractivity contribution in [2.45, 2.75) is 33.4 Å². The van der Waals surface area contributed by atoms with Crippen molar-refractivity contribution in [3.63, 3.8) is 0 Å². The predicted molar refractivity (Wildman–Crippen MR) is 78.6 cm³/mol. The monoisotopic (exact) mass is 292 g/mol. The van der Waals surface area contributed by atoms with Crippen LogP contribution in [0.3, 0.4) is 0 Å². The van der Waals surface area contributed by atoms with Crippen molar-refractivity contribution in [2.75, 3.05) is 6.54 Å². The quantitative estimate of drug-likeness (QED) is 0.889. The third-order valence-corrected chi connectivity index (χ3v) is 3.51. The molecule has 21 heavy (non-hydrogen) atoms. The largest absolute Gasteiger partial charge is 0.483 e. The van der Waals surface area contributed by atoms with Crippen LogP contribution in [0.4, 0.5) is 4.39 Å². The van der Waals surface area contributed by atoms with Gasteiger partial charge in [0, 0.05) is 13.1 Å². The lowest BCUT2D eigenvalue weighted by Crippen LogP contribution is -2.17. The summed E-state index contributed by atoms with van der Waals surface area (Å²) in [7, 11) is 1.85. The lowest BCUT2D eigenvalue weighted by Gasteiger charge is -2.14. The van der Waals surface area contributed by atoms with E-state index in [2.05, 4.69) is 15.5 Å². The van der Waals surface area contributed by atoms with Crippen LogP contribution in [0.15, 0.2) is 18.2 Å². The van der Waals surface area contributed by atoms with E-state index < -0.39 is 0 Å². The Hall–Kier alpha value is -1.95. The zero-order valence-corrected chi connectivity index (χ0v) is 12.9. The van der Waals surface area contributed by atoms with Gasteiger partial charge in [-0.3, -0.25) is 0 Å². The van der Waals surface area contributed by atoms with Crippen molar-refractivity contribution >= 4 is 0 Å². The number of aryl methyl sites for hydroxylation is 1. The van der Waals surface area contributed by atoms with E-state index in [1.807, 2.05) is 38.5 Å². The van der Waals surface area contributed by atoms with Crippen LogP contribution in [-0.2, 0) is 13.7 Å². The van der Waals surface area contributed by atoms with Crippen molar-refractivity contribution < 1.29 is 9.13 Å². The third kappa shape index (κ3) is 3.58. The van der Waals surface area contributed by atoms with Gasteiger partial charge in [0.05, 0.1) is 0 Å². The van der Waals surface area contributed by atoms with Crippen molar-refractivity contribution in [3.8, 4) is 5.75 Å². The summed E-state index contributed by atoms with van der Waals surface area (Å²) in [5, 5.41) is 11.2. The molecule has 2 aromatic rings. The molecule has 1 aromatic heterocycles. The summed E-state index contributed by atoms with van der Waals surface area (Å²) in [6.45, 7) is 6.91. The lowest BCUT2D eigenvalue weighted by atomic mass is 10.1. The van der Waals surface area contributed by atoms with Gasteiger partial charge < -0.3 is 14.6 Å². The molecule has 1 aromatic carbocycles. The first kappa shape index (κ1) is 15.4. The average Bonchev–Trinajstić information content (AvgIpc) is 2.78. The molecule has 1 unspecified atom stereocenters. The van der Waals surface area contributed by atoms with Crippen LogP contribution >= 0.6 is 0 Å². The fourth-order valence-electron chi connectivity index (χ4n) is 2.05. The fraction of sp³-hybridized carbons (Fsp3) is 0.467. The lowest BCUT2D eigenvalue weighted by molar-refractivity contribution is 0.276. The molecule has 0 aliphatic rings. The zero-order valence-electron chi connectivity index (χ0n) is 12.9. The van der Waals surface area contributed by atoms with Crippen molar-refractivity contribution in [2.24, 2.45) is 7.05 Å². The summed E-state index contributed by atoms with van der Waals surface area (Å²) < 4.78 is 21.4. The molecule has 0 fully saturated rings. The van der Waals surface area contributed by atoms with E-state index in [-0.39, 0.29) is 24.2 Å². The maximum absolute atomic E-state index is 14.1. The van der Waals surface area contributed by atoms with Crippen LogP contribution in [0.25, 0.3) is 0 Å². The molecular weight excluding hydrogens is 271 g/mol. The van der Waals surface area contributed by atoms with E-state index in [0.29, 0.717) is 5.82 Å². The molecule has 5 nitrogen and oxygen atoms in total. The Bertz CT molecular complexity index is 612. The van der Waals surface area contributed by atoms with Gasteiger partial charge in [0.1, 0.15) is 12.4 Å².